The molecule has 1 aromatic carbocycles. The normalized spacial score (nSPS) is 24.0. The maximum absolute atomic E-state index is 13.5. The molecule has 2 aliphatic rings. The van der Waals surface area contributed by atoms with E-state index >= 15 is 0 Å². The minimum atomic E-state index is -0.913. The van der Waals surface area contributed by atoms with Crippen LogP contribution in [0.4, 0.5) is 0 Å². The van der Waals surface area contributed by atoms with E-state index in [1.165, 1.54) is 7.11 Å². The summed E-state index contributed by atoms with van der Waals surface area (Å²) < 4.78 is 10.1. The Bertz CT molecular complexity index is 933. The summed E-state index contributed by atoms with van der Waals surface area (Å²) in [5, 5.41) is 3.70. The molecule has 0 fully saturated rings. The minimum Gasteiger partial charge on any atom is -0.468 e. The fourth-order valence-corrected chi connectivity index (χ4v) is 4.38. The van der Waals surface area contributed by atoms with E-state index in [4.69, 9.17) is 21.1 Å². The van der Waals surface area contributed by atoms with Crippen LogP contribution in [0.15, 0.2) is 46.8 Å². The molecular formula is C22H24ClNO5. The van der Waals surface area contributed by atoms with Crippen LogP contribution in [-0.2, 0) is 23.9 Å². The number of ketones is 1. The molecule has 154 valence electrons. The van der Waals surface area contributed by atoms with Gasteiger partial charge in [-0.2, -0.15) is 0 Å². The van der Waals surface area contributed by atoms with Gasteiger partial charge in [0.15, 0.2) is 5.78 Å². The summed E-state index contributed by atoms with van der Waals surface area (Å²) in [5.74, 6) is -3.21. The van der Waals surface area contributed by atoms with E-state index in [0.29, 0.717) is 33.9 Å². The van der Waals surface area contributed by atoms with E-state index in [9.17, 15) is 14.4 Å². The smallest absolute Gasteiger partial charge is 0.336 e. The molecule has 0 aromatic heterocycles. The number of halogens is 1. The number of carbonyl (C=O) groups excluding carboxylic acids is 3. The van der Waals surface area contributed by atoms with Crippen LogP contribution in [0.3, 0.4) is 0 Å². The Morgan fingerprint density at radius 3 is 2.66 bits per heavy atom. The second kappa shape index (κ2) is 8.41. The van der Waals surface area contributed by atoms with E-state index in [2.05, 4.69) is 5.32 Å². The third-order valence-electron chi connectivity index (χ3n) is 5.42. The standard InChI is InChI=1S/C22H24ClNO5/c1-5-29-22(27)17-12(3)24-15-9-11(2)16(21(26)28-4)20(25)19(15)18(17)13-7-6-8-14(23)10-13/h6-8,10-11,16,18,24H,5,9H2,1-4H3/t11-,16+,18-/m0/s1. The van der Waals surface area contributed by atoms with Gasteiger partial charge in [0.1, 0.15) is 5.92 Å². The molecule has 7 heteroatoms. The van der Waals surface area contributed by atoms with Crippen LogP contribution in [0.25, 0.3) is 0 Å². The lowest BCUT2D eigenvalue weighted by Crippen LogP contribution is -2.43. The molecule has 0 bridgehead atoms. The molecule has 0 amide bonds. The Balaban J connectivity index is 2.19. The molecule has 1 aliphatic carbocycles. The van der Waals surface area contributed by atoms with Gasteiger partial charge < -0.3 is 14.8 Å². The first-order valence-electron chi connectivity index (χ1n) is 9.55. The monoisotopic (exact) mass is 417 g/mol. The van der Waals surface area contributed by atoms with Gasteiger partial charge in [0.05, 0.1) is 19.3 Å². The molecule has 1 aromatic rings. The highest BCUT2D eigenvalue weighted by Crippen LogP contribution is 2.45. The summed E-state index contributed by atoms with van der Waals surface area (Å²) >= 11 is 6.20. The molecule has 0 saturated heterocycles. The van der Waals surface area contributed by atoms with Crippen molar-refractivity contribution < 1.29 is 23.9 Å². The minimum absolute atomic E-state index is 0.208. The molecule has 1 aliphatic heterocycles. The summed E-state index contributed by atoms with van der Waals surface area (Å²) in [6.07, 6.45) is 0.491. The number of dihydropyridines is 1. The van der Waals surface area contributed by atoms with Gasteiger partial charge in [-0.1, -0.05) is 30.7 Å². The first-order valence-corrected chi connectivity index (χ1v) is 9.93. The summed E-state index contributed by atoms with van der Waals surface area (Å²) in [4.78, 5) is 38.6. The Labute approximate surface area is 174 Å². The number of nitrogens with one attached hydrogen (secondary N) is 1. The number of allylic oxidation sites excluding steroid dienone is 3. The molecule has 29 heavy (non-hydrogen) atoms. The van der Waals surface area contributed by atoms with Crippen molar-refractivity contribution in [1.82, 2.24) is 5.32 Å². The van der Waals surface area contributed by atoms with Crippen LogP contribution in [0, 0.1) is 11.8 Å². The van der Waals surface area contributed by atoms with Crippen LogP contribution >= 0.6 is 11.6 Å². The maximum atomic E-state index is 13.5. The lowest BCUT2D eigenvalue weighted by Gasteiger charge is -2.38. The molecule has 6 nitrogen and oxygen atoms in total. The lowest BCUT2D eigenvalue weighted by atomic mass is 9.69. The number of hydrogen-bond donors (Lipinski definition) is 1. The van der Waals surface area contributed by atoms with E-state index in [0.717, 1.165) is 5.70 Å². The highest BCUT2D eigenvalue weighted by Gasteiger charge is 2.47. The van der Waals surface area contributed by atoms with Crippen molar-refractivity contribution in [3.63, 3.8) is 0 Å². The van der Waals surface area contributed by atoms with E-state index in [1.807, 2.05) is 13.0 Å². The fourth-order valence-electron chi connectivity index (χ4n) is 4.18. The van der Waals surface area contributed by atoms with Gasteiger partial charge in [0.25, 0.3) is 0 Å². The van der Waals surface area contributed by atoms with Crippen molar-refractivity contribution in [2.75, 3.05) is 13.7 Å². The Hall–Kier alpha value is -2.60. The van der Waals surface area contributed by atoms with Gasteiger partial charge >= 0.3 is 11.9 Å². The van der Waals surface area contributed by atoms with Gasteiger partial charge in [0, 0.05) is 27.9 Å². The third kappa shape index (κ3) is 3.81. The summed E-state index contributed by atoms with van der Waals surface area (Å²) in [6, 6.07) is 7.04. The highest BCUT2D eigenvalue weighted by molar-refractivity contribution is 6.30. The van der Waals surface area contributed by atoms with Crippen molar-refractivity contribution in [2.45, 2.75) is 33.1 Å². The number of Topliss-reactive ketones (excluding diaryl/α,β-unsaturated/α-hetero) is 1. The molecule has 0 saturated carbocycles. The zero-order valence-electron chi connectivity index (χ0n) is 16.9. The molecule has 1 heterocycles. The second-order valence-corrected chi connectivity index (χ2v) is 7.75. The first kappa shape index (κ1) is 21.1. The van der Waals surface area contributed by atoms with Crippen LogP contribution in [0.5, 0.6) is 0 Å². The van der Waals surface area contributed by atoms with Gasteiger partial charge in [-0.05, 0) is 43.9 Å². The van der Waals surface area contributed by atoms with Crippen LogP contribution in [0.2, 0.25) is 5.02 Å². The summed E-state index contributed by atoms with van der Waals surface area (Å²) in [6.45, 7) is 5.57. The zero-order valence-corrected chi connectivity index (χ0v) is 17.6. The molecule has 0 spiro atoms. The number of carbonyl (C=O) groups is 3. The van der Waals surface area contributed by atoms with Crippen molar-refractivity contribution >= 4 is 29.3 Å². The Morgan fingerprint density at radius 2 is 2.03 bits per heavy atom. The van der Waals surface area contributed by atoms with Gasteiger partial charge in [0.2, 0.25) is 0 Å². The first-order chi connectivity index (χ1) is 13.8. The third-order valence-corrected chi connectivity index (χ3v) is 5.66. The maximum Gasteiger partial charge on any atom is 0.336 e. The number of ether oxygens (including phenoxy) is 2. The van der Waals surface area contributed by atoms with Gasteiger partial charge in [-0.3, -0.25) is 9.59 Å². The molecule has 3 rings (SSSR count). The van der Waals surface area contributed by atoms with Crippen molar-refractivity contribution in [3.8, 4) is 0 Å². The van der Waals surface area contributed by atoms with Crippen LogP contribution in [-0.4, -0.2) is 31.4 Å². The number of hydrogen-bond acceptors (Lipinski definition) is 6. The predicted octanol–water partition coefficient (Wildman–Crippen LogP) is 3.52. The highest BCUT2D eigenvalue weighted by atomic mass is 35.5. The second-order valence-electron chi connectivity index (χ2n) is 7.31. The number of esters is 2. The van der Waals surface area contributed by atoms with E-state index in [-0.39, 0.29) is 18.3 Å². The average molecular weight is 418 g/mol. The molecule has 0 unspecified atom stereocenters. The molecular weight excluding hydrogens is 394 g/mol. The Morgan fingerprint density at radius 1 is 1.31 bits per heavy atom. The van der Waals surface area contributed by atoms with Crippen molar-refractivity contribution in [3.05, 3.63) is 57.4 Å². The van der Waals surface area contributed by atoms with Gasteiger partial charge in [-0.15, -0.1) is 0 Å². The van der Waals surface area contributed by atoms with Gasteiger partial charge in [-0.25, -0.2) is 4.79 Å². The summed E-state index contributed by atoms with van der Waals surface area (Å²) in [7, 11) is 1.27. The van der Waals surface area contributed by atoms with E-state index in [1.54, 1.807) is 32.0 Å². The summed E-state index contributed by atoms with van der Waals surface area (Å²) in [5.41, 5.74) is 2.79. The van der Waals surface area contributed by atoms with Crippen LogP contribution < -0.4 is 5.32 Å². The average Bonchev–Trinajstić information content (AvgIpc) is 2.66. The number of benzene rings is 1. The Kier molecular flexibility index (Phi) is 6.13. The fraction of sp³-hybridized carbons (Fsp3) is 0.409. The largest absolute Gasteiger partial charge is 0.468 e. The number of methoxy groups -OCH3 is 1. The van der Waals surface area contributed by atoms with Crippen molar-refractivity contribution in [1.29, 1.82) is 0 Å². The SMILES string of the molecule is CCOC(=O)C1=C(C)NC2=C(C(=O)[C@H](C(=O)OC)[C@@H](C)C2)[C@H]1c1cccc(Cl)c1. The topological polar surface area (TPSA) is 81.7 Å². The van der Waals surface area contributed by atoms with E-state index < -0.39 is 23.8 Å². The molecule has 0 radical (unpaired) electrons. The molecule has 3 atom stereocenters. The van der Waals surface area contributed by atoms with Crippen LogP contribution in [0.1, 0.15) is 38.7 Å². The molecule has 1 N–H and O–H groups in total. The zero-order chi connectivity index (χ0) is 21.3. The number of rotatable bonds is 4. The lowest BCUT2D eigenvalue weighted by molar-refractivity contribution is -0.151. The predicted molar refractivity (Wildman–Crippen MR) is 108 cm³/mol. The quantitative estimate of drug-likeness (QED) is 0.596. The van der Waals surface area contributed by atoms with Crippen molar-refractivity contribution in [2.24, 2.45) is 11.8 Å².